The Morgan fingerprint density at radius 1 is 0.559 bits per heavy atom. The van der Waals surface area contributed by atoms with Crippen molar-refractivity contribution in [3.05, 3.63) is 95.1 Å². The number of aliphatic carboxylic acids is 2. The molecular formula is C26H28O8. The van der Waals surface area contributed by atoms with Crippen molar-refractivity contribution in [2.24, 2.45) is 0 Å². The van der Waals surface area contributed by atoms with Crippen LogP contribution < -0.4 is 0 Å². The van der Waals surface area contributed by atoms with Gasteiger partial charge in [0.1, 0.15) is 0 Å². The molecule has 0 radical (unpaired) electrons. The Hall–Kier alpha value is -4.20. The average molecular weight is 469 g/mol. The molecular weight excluding hydrogens is 440 g/mol. The number of aromatic carboxylic acids is 2. The minimum absolute atomic E-state index is 0.101. The minimum Gasteiger partial charge on any atom is -0.481 e. The van der Waals surface area contributed by atoms with Crippen molar-refractivity contribution in [1.82, 2.24) is 0 Å². The van der Waals surface area contributed by atoms with Crippen LogP contribution in [0.1, 0.15) is 57.5 Å². The molecule has 0 aliphatic rings. The molecule has 0 saturated heterocycles. The van der Waals surface area contributed by atoms with Crippen LogP contribution in [0.3, 0.4) is 0 Å². The van der Waals surface area contributed by atoms with E-state index in [0.29, 0.717) is 25.7 Å². The van der Waals surface area contributed by atoms with Crippen molar-refractivity contribution >= 4 is 23.9 Å². The van der Waals surface area contributed by atoms with Crippen molar-refractivity contribution < 1.29 is 39.6 Å². The lowest BCUT2D eigenvalue weighted by molar-refractivity contribution is -0.138. The summed E-state index contributed by atoms with van der Waals surface area (Å²) in [5.41, 5.74) is 2.05. The summed E-state index contributed by atoms with van der Waals surface area (Å²) in [6.45, 7) is 0. The minimum atomic E-state index is -0.944. The van der Waals surface area contributed by atoms with Crippen LogP contribution in [0.2, 0.25) is 0 Å². The van der Waals surface area contributed by atoms with E-state index in [2.05, 4.69) is 0 Å². The molecule has 2 aromatic carbocycles. The molecule has 0 atom stereocenters. The number of hydrogen-bond donors (Lipinski definition) is 4. The van der Waals surface area contributed by atoms with Crippen LogP contribution in [0.25, 0.3) is 0 Å². The molecule has 0 aliphatic heterocycles. The van der Waals surface area contributed by atoms with Crippen molar-refractivity contribution in [3.8, 4) is 0 Å². The zero-order valence-corrected chi connectivity index (χ0v) is 18.6. The highest BCUT2D eigenvalue weighted by Crippen LogP contribution is 2.12. The Balaban J connectivity index is 0.000000411. The number of carbonyl (C=O) groups is 4. The van der Waals surface area contributed by atoms with Gasteiger partial charge in [-0.05, 0) is 48.9 Å². The number of rotatable bonds is 12. The largest absolute Gasteiger partial charge is 0.481 e. The molecule has 2 aromatic rings. The molecule has 180 valence electrons. The van der Waals surface area contributed by atoms with E-state index < -0.39 is 23.9 Å². The third kappa shape index (κ3) is 11.4. The number of hydrogen-bond acceptors (Lipinski definition) is 4. The first-order valence-electron chi connectivity index (χ1n) is 10.6. The van der Waals surface area contributed by atoms with Gasteiger partial charge < -0.3 is 20.4 Å². The fraction of sp³-hybridized carbons (Fsp3) is 0.231. The van der Waals surface area contributed by atoms with Crippen LogP contribution in [0.4, 0.5) is 0 Å². The van der Waals surface area contributed by atoms with Crippen LogP contribution in [0.5, 0.6) is 0 Å². The topological polar surface area (TPSA) is 149 Å². The summed E-state index contributed by atoms with van der Waals surface area (Å²) >= 11 is 0. The Labute approximate surface area is 197 Å². The monoisotopic (exact) mass is 468 g/mol. The molecule has 8 heteroatoms. The molecule has 2 rings (SSSR count). The van der Waals surface area contributed by atoms with Crippen molar-refractivity contribution in [2.45, 2.75) is 38.5 Å². The van der Waals surface area contributed by atoms with Gasteiger partial charge >= 0.3 is 23.9 Å². The second kappa shape index (κ2) is 15.6. The van der Waals surface area contributed by atoms with Gasteiger partial charge in [-0.3, -0.25) is 9.59 Å². The van der Waals surface area contributed by atoms with Gasteiger partial charge in [0.15, 0.2) is 0 Å². The molecule has 0 aliphatic carbocycles. The van der Waals surface area contributed by atoms with E-state index in [1.807, 2.05) is 12.2 Å². The summed E-state index contributed by atoms with van der Waals surface area (Å²) < 4.78 is 0. The zero-order valence-electron chi connectivity index (χ0n) is 18.6. The fourth-order valence-corrected chi connectivity index (χ4v) is 2.88. The summed E-state index contributed by atoms with van der Waals surface area (Å²) in [6.07, 6.45) is 9.24. The fourth-order valence-electron chi connectivity index (χ4n) is 2.88. The van der Waals surface area contributed by atoms with Gasteiger partial charge in [-0.25, -0.2) is 9.59 Å². The second-order valence-corrected chi connectivity index (χ2v) is 7.14. The molecule has 0 heterocycles. The summed E-state index contributed by atoms with van der Waals surface area (Å²) in [4.78, 5) is 42.2. The predicted molar refractivity (Wildman–Crippen MR) is 126 cm³/mol. The number of benzene rings is 2. The van der Waals surface area contributed by atoms with E-state index in [-0.39, 0.29) is 24.0 Å². The van der Waals surface area contributed by atoms with Gasteiger partial charge in [0.2, 0.25) is 0 Å². The molecule has 34 heavy (non-hydrogen) atoms. The van der Waals surface area contributed by atoms with Gasteiger partial charge in [-0.15, -0.1) is 0 Å². The maximum absolute atomic E-state index is 11.1. The Morgan fingerprint density at radius 2 is 0.912 bits per heavy atom. The van der Waals surface area contributed by atoms with E-state index >= 15 is 0 Å². The number of carboxylic acid groups (broad SMARTS) is 4. The van der Waals surface area contributed by atoms with E-state index in [0.717, 1.165) is 11.1 Å². The molecule has 0 saturated carbocycles. The van der Waals surface area contributed by atoms with Crippen LogP contribution in [-0.2, 0) is 22.4 Å². The Kier molecular flexibility index (Phi) is 12.8. The van der Waals surface area contributed by atoms with Crippen LogP contribution in [0, 0.1) is 0 Å². The lowest BCUT2D eigenvalue weighted by Gasteiger charge is -2.03. The third-order valence-electron chi connectivity index (χ3n) is 4.55. The highest BCUT2D eigenvalue weighted by atomic mass is 16.4. The smallest absolute Gasteiger partial charge is 0.335 e. The molecule has 0 amide bonds. The summed E-state index contributed by atoms with van der Waals surface area (Å²) in [7, 11) is 0. The molecule has 0 spiro atoms. The molecule has 0 unspecified atom stereocenters. The summed E-state index contributed by atoms with van der Waals surface area (Å²) in [5.74, 6) is -3.56. The normalized spacial score (nSPS) is 10.6. The number of carboxylic acids is 4. The van der Waals surface area contributed by atoms with Crippen LogP contribution >= 0.6 is 0 Å². The molecule has 8 nitrogen and oxygen atoms in total. The van der Waals surface area contributed by atoms with Gasteiger partial charge in [0.25, 0.3) is 0 Å². The highest BCUT2D eigenvalue weighted by molar-refractivity contribution is 5.90. The molecule has 0 bridgehead atoms. The third-order valence-corrected chi connectivity index (χ3v) is 4.55. The van der Waals surface area contributed by atoms with Gasteiger partial charge in [0.05, 0.1) is 11.1 Å². The van der Waals surface area contributed by atoms with Crippen LogP contribution in [0.15, 0.2) is 72.8 Å². The quantitative estimate of drug-likeness (QED) is 0.328. The van der Waals surface area contributed by atoms with E-state index in [1.54, 1.807) is 60.7 Å². The van der Waals surface area contributed by atoms with Crippen LogP contribution in [-0.4, -0.2) is 44.3 Å². The van der Waals surface area contributed by atoms with Gasteiger partial charge in [0, 0.05) is 12.8 Å². The first-order valence-corrected chi connectivity index (χ1v) is 10.6. The zero-order chi connectivity index (χ0) is 25.3. The summed E-state index contributed by atoms with van der Waals surface area (Å²) in [6, 6.07) is 13.7. The lowest BCUT2D eigenvalue weighted by atomic mass is 10.0. The average Bonchev–Trinajstić information content (AvgIpc) is 2.79. The predicted octanol–water partition coefficient (Wildman–Crippen LogP) is 4.70. The van der Waals surface area contributed by atoms with Crippen molar-refractivity contribution in [2.75, 3.05) is 0 Å². The van der Waals surface area contributed by atoms with Gasteiger partial charge in [-0.1, -0.05) is 60.7 Å². The van der Waals surface area contributed by atoms with E-state index in [1.165, 1.54) is 0 Å². The first-order chi connectivity index (χ1) is 16.2. The first kappa shape index (κ1) is 27.8. The maximum Gasteiger partial charge on any atom is 0.335 e. The molecule has 0 aromatic heterocycles. The Bertz CT molecular complexity index is 955. The maximum atomic E-state index is 11.1. The van der Waals surface area contributed by atoms with Gasteiger partial charge in [-0.2, -0.15) is 0 Å². The van der Waals surface area contributed by atoms with E-state index in [4.69, 9.17) is 20.4 Å². The van der Waals surface area contributed by atoms with Crippen molar-refractivity contribution in [3.63, 3.8) is 0 Å². The summed E-state index contributed by atoms with van der Waals surface area (Å²) in [5, 5.41) is 34.7. The molecule has 0 fully saturated rings. The highest BCUT2D eigenvalue weighted by Gasteiger charge is 2.08. The standard InChI is InChI=1S/C18H16O4.C8H12O4/c19-17(20)15-11-5-3-9-13(15)7-1-2-8-14-10-4-6-12-16(14)18(21)22;9-7(10)5-3-1-2-4-6-8(11)12/h1-6,9-12H,7-8H2,(H,19,20)(H,21,22);1-2H,3-6H2,(H,9,10)(H,11,12). The lowest BCUT2D eigenvalue weighted by Crippen LogP contribution is -2.02. The molecule has 4 N–H and O–H groups in total. The number of allylic oxidation sites excluding steroid dienone is 4. The second-order valence-electron chi connectivity index (χ2n) is 7.14. The Morgan fingerprint density at radius 3 is 1.24 bits per heavy atom. The van der Waals surface area contributed by atoms with Crippen molar-refractivity contribution in [1.29, 1.82) is 0 Å². The van der Waals surface area contributed by atoms with E-state index in [9.17, 15) is 19.2 Å². The SMILES string of the molecule is O=C(O)CCC=CCCC(=O)O.O=C(O)c1ccccc1CC=CCc1ccccc1C(=O)O.